The minimum atomic E-state index is -0.714. The van der Waals surface area contributed by atoms with Crippen molar-refractivity contribution in [2.24, 2.45) is 5.92 Å². The van der Waals surface area contributed by atoms with E-state index in [9.17, 15) is 14.3 Å². The van der Waals surface area contributed by atoms with E-state index in [0.717, 1.165) is 31.4 Å². The molecule has 3 aliphatic rings. The summed E-state index contributed by atoms with van der Waals surface area (Å²) in [6.45, 7) is 8.37. The molecule has 6 rings (SSSR count). The standard InChI is InChI=1S/C18H25N3.C17H22FNO2/c1-3-21-18(16-9-11-20(2)12-10-16)14-17(19-21)13-15-7-5-4-6-8-15;1-11-7-14(13-3-2-4-15(18)9-13)10-19(11)16(17(20)21)8-12-5-6-12/h4-8,14,16H,3,9-13H2,1-2H3;2-4,9,11-12,14,16H,5-8,10H2,1H3,(H,20,21). The average molecular weight is 575 g/mol. The fourth-order valence-corrected chi connectivity index (χ4v) is 6.80. The van der Waals surface area contributed by atoms with E-state index in [0.29, 0.717) is 18.4 Å². The van der Waals surface area contributed by atoms with Crippen LogP contribution in [0.4, 0.5) is 4.39 Å². The summed E-state index contributed by atoms with van der Waals surface area (Å²) in [4.78, 5) is 16.1. The average Bonchev–Trinajstić information content (AvgIpc) is 3.60. The highest BCUT2D eigenvalue weighted by molar-refractivity contribution is 5.73. The second-order valence-electron chi connectivity index (χ2n) is 12.7. The van der Waals surface area contributed by atoms with Gasteiger partial charge in [0.1, 0.15) is 11.9 Å². The zero-order valence-electron chi connectivity index (χ0n) is 25.5. The molecule has 3 atom stereocenters. The summed E-state index contributed by atoms with van der Waals surface area (Å²) < 4.78 is 15.6. The lowest BCUT2D eigenvalue weighted by Gasteiger charge is -2.29. The zero-order valence-corrected chi connectivity index (χ0v) is 25.5. The van der Waals surface area contributed by atoms with Crippen LogP contribution < -0.4 is 0 Å². The summed E-state index contributed by atoms with van der Waals surface area (Å²) in [5.41, 5.74) is 4.97. The summed E-state index contributed by atoms with van der Waals surface area (Å²) in [7, 11) is 2.22. The number of likely N-dealkylation sites (tertiary alicyclic amines) is 2. The van der Waals surface area contributed by atoms with Gasteiger partial charge >= 0.3 is 5.97 Å². The van der Waals surface area contributed by atoms with Crippen LogP contribution in [0.25, 0.3) is 0 Å². The molecule has 2 aromatic carbocycles. The van der Waals surface area contributed by atoms with Gasteiger partial charge in [0.25, 0.3) is 0 Å². The second-order valence-corrected chi connectivity index (χ2v) is 12.7. The van der Waals surface area contributed by atoms with Crippen molar-refractivity contribution in [2.75, 3.05) is 26.7 Å². The Bertz CT molecular complexity index is 1300. The number of hydrogen-bond donors (Lipinski definition) is 1. The highest BCUT2D eigenvalue weighted by Gasteiger charge is 2.40. The molecule has 42 heavy (non-hydrogen) atoms. The van der Waals surface area contributed by atoms with Crippen LogP contribution in [0.2, 0.25) is 0 Å². The number of carboxylic acid groups (broad SMARTS) is 1. The number of aromatic nitrogens is 2. The maximum atomic E-state index is 13.4. The summed E-state index contributed by atoms with van der Waals surface area (Å²) in [6.07, 6.45) is 7.44. The molecule has 0 spiro atoms. The van der Waals surface area contributed by atoms with Gasteiger partial charge in [-0.15, -0.1) is 0 Å². The van der Waals surface area contributed by atoms with Crippen LogP contribution in [-0.2, 0) is 17.8 Å². The fraction of sp³-hybridized carbons (Fsp3) is 0.543. The Morgan fingerprint density at radius 2 is 1.76 bits per heavy atom. The van der Waals surface area contributed by atoms with Crippen molar-refractivity contribution in [1.82, 2.24) is 19.6 Å². The lowest BCUT2D eigenvalue weighted by atomic mass is 9.93. The molecule has 3 heterocycles. The molecule has 1 aliphatic carbocycles. The SMILES string of the molecule is CC1CC(c2cccc(F)c2)CN1C(CC1CC1)C(=O)O.CCn1nc(Cc2ccccc2)cc1C1CCN(C)CC1. The molecule has 1 N–H and O–H groups in total. The third-order valence-electron chi connectivity index (χ3n) is 9.41. The van der Waals surface area contributed by atoms with Crippen LogP contribution >= 0.6 is 0 Å². The van der Waals surface area contributed by atoms with Crippen LogP contribution in [0.3, 0.4) is 0 Å². The highest BCUT2D eigenvalue weighted by atomic mass is 19.1. The topological polar surface area (TPSA) is 61.6 Å². The number of carbonyl (C=O) groups is 1. The third-order valence-corrected chi connectivity index (χ3v) is 9.41. The van der Waals surface area contributed by atoms with Gasteiger partial charge in [0.2, 0.25) is 0 Å². The smallest absolute Gasteiger partial charge is 0.320 e. The molecular weight excluding hydrogens is 527 g/mol. The predicted molar refractivity (Wildman–Crippen MR) is 165 cm³/mol. The third kappa shape index (κ3) is 7.87. The quantitative estimate of drug-likeness (QED) is 0.314. The van der Waals surface area contributed by atoms with Crippen molar-refractivity contribution in [3.63, 3.8) is 0 Å². The maximum Gasteiger partial charge on any atom is 0.320 e. The fourth-order valence-electron chi connectivity index (χ4n) is 6.80. The molecule has 0 bridgehead atoms. The molecule has 3 fully saturated rings. The molecule has 3 unspecified atom stereocenters. The molecule has 7 heteroatoms. The Kier molecular flexibility index (Phi) is 10.1. The number of aliphatic carboxylic acids is 1. The number of benzene rings is 2. The summed E-state index contributed by atoms with van der Waals surface area (Å²) >= 11 is 0. The first-order valence-corrected chi connectivity index (χ1v) is 15.8. The van der Waals surface area contributed by atoms with Gasteiger partial charge in [0.15, 0.2) is 0 Å². The molecule has 1 saturated carbocycles. The summed E-state index contributed by atoms with van der Waals surface area (Å²) in [5.74, 6) is 0.571. The van der Waals surface area contributed by atoms with Gasteiger partial charge in [-0.05, 0) is 101 Å². The molecule has 3 aromatic rings. The van der Waals surface area contributed by atoms with Crippen molar-refractivity contribution >= 4 is 5.97 Å². The number of carboxylic acids is 1. The van der Waals surface area contributed by atoms with Gasteiger partial charge < -0.3 is 10.0 Å². The van der Waals surface area contributed by atoms with Gasteiger partial charge in [-0.2, -0.15) is 5.10 Å². The van der Waals surface area contributed by atoms with Crippen molar-refractivity contribution in [1.29, 1.82) is 0 Å². The number of rotatable bonds is 9. The Hall–Kier alpha value is -3.03. The maximum absolute atomic E-state index is 13.4. The van der Waals surface area contributed by atoms with Crippen LogP contribution in [0, 0.1) is 11.7 Å². The highest BCUT2D eigenvalue weighted by Crippen LogP contribution is 2.39. The van der Waals surface area contributed by atoms with Crippen molar-refractivity contribution < 1.29 is 14.3 Å². The first-order chi connectivity index (χ1) is 20.3. The zero-order chi connectivity index (χ0) is 29.6. The van der Waals surface area contributed by atoms with Crippen LogP contribution in [0.5, 0.6) is 0 Å². The van der Waals surface area contributed by atoms with Gasteiger partial charge in [0.05, 0.1) is 5.69 Å². The van der Waals surface area contributed by atoms with E-state index in [-0.39, 0.29) is 23.8 Å². The van der Waals surface area contributed by atoms with E-state index in [4.69, 9.17) is 5.10 Å². The Labute approximate surface area is 250 Å². The van der Waals surface area contributed by atoms with E-state index >= 15 is 0 Å². The van der Waals surface area contributed by atoms with Gasteiger partial charge in [-0.3, -0.25) is 14.4 Å². The van der Waals surface area contributed by atoms with Crippen LogP contribution in [0.15, 0.2) is 60.7 Å². The van der Waals surface area contributed by atoms with E-state index in [1.807, 2.05) is 6.07 Å². The molecule has 1 aromatic heterocycles. The normalized spacial score (nSPS) is 22.5. The number of nitrogens with zero attached hydrogens (tertiary/aromatic N) is 4. The molecule has 0 radical (unpaired) electrons. The lowest BCUT2D eigenvalue weighted by Crippen LogP contribution is -2.43. The van der Waals surface area contributed by atoms with Crippen molar-refractivity contribution in [3.8, 4) is 0 Å². The molecule has 0 amide bonds. The van der Waals surface area contributed by atoms with Crippen LogP contribution in [-0.4, -0.2) is 69.4 Å². The van der Waals surface area contributed by atoms with Crippen LogP contribution in [0.1, 0.15) is 86.7 Å². The van der Waals surface area contributed by atoms with E-state index in [1.165, 1.54) is 61.8 Å². The summed E-state index contributed by atoms with van der Waals surface area (Å²) in [6, 6.07) is 19.5. The van der Waals surface area contributed by atoms with Gasteiger partial charge in [-0.1, -0.05) is 55.3 Å². The Morgan fingerprint density at radius 1 is 1.02 bits per heavy atom. The Morgan fingerprint density at radius 3 is 2.40 bits per heavy atom. The first-order valence-electron chi connectivity index (χ1n) is 15.8. The Balaban J connectivity index is 0.000000168. The first kappa shape index (κ1) is 30.4. The number of hydrogen-bond acceptors (Lipinski definition) is 4. The minimum absolute atomic E-state index is 0.216. The largest absolute Gasteiger partial charge is 0.480 e. The van der Waals surface area contributed by atoms with E-state index in [2.05, 4.69) is 71.8 Å². The number of halogens is 1. The lowest BCUT2D eigenvalue weighted by molar-refractivity contribution is -0.144. The van der Waals surface area contributed by atoms with Crippen molar-refractivity contribution in [2.45, 2.75) is 89.3 Å². The van der Waals surface area contributed by atoms with Crippen molar-refractivity contribution in [3.05, 3.63) is 89.0 Å². The van der Waals surface area contributed by atoms with E-state index < -0.39 is 5.97 Å². The molecule has 226 valence electrons. The minimum Gasteiger partial charge on any atom is -0.480 e. The second kappa shape index (κ2) is 14.0. The summed E-state index contributed by atoms with van der Waals surface area (Å²) in [5, 5.41) is 14.3. The number of piperidine rings is 1. The molecular formula is C35H47FN4O2. The molecule has 2 aliphatic heterocycles. The van der Waals surface area contributed by atoms with Gasteiger partial charge in [0, 0.05) is 37.2 Å². The predicted octanol–water partition coefficient (Wildman–Crippen LogP) is 6.56. The monoisotopic (exact) mass is 574 g/mol. The molecule has 6 nitrogen and oxygen atoms in total. The van der Waals surface area contributed by atoms with Gasteiger partial charge in [-0.25, -0.2) is 4.39 Å². The van der Waals surface area contributed by atoms with E-state index in [1.54, 1.807) is 12.1 Å². The molecule has 2 saturated heterocycles. The number of aryl methyl sites for hydroxylation is 1.